The Bertz CT molecular complexity index is 148. The second-order valence-corrected chi connectivity index (χ2v) is 4.38. The van der Waals surface area contributed by atoms with Crippen LogP contribution < -0.4 is 17.0 Å². The zero-order valence-corrected chi connectivity index (χ0v) is 15.2. The molecular weight excluding hydrogens is 505 g/mol. The fourth-order valence-corrected chi connectivity index (χ4v) is 0. The van der Waals surface area contributed by atoms with E-state index in [0.29, 0.717) is 8.64 Å². The molecule has 0 aliphatic heterocycles. The maximum absolute atomic E-state index is 4.56. The molecule has 0 amide bonds. The van der Waals surface area contributed by atoms with E-state index < -0.39 is 0 Å². The van der Waals surface area contributed by atoms with Gasteiger partial charge in [0.2, 0.25) is 0 Å². The minimum atomic E-state index is 0. The molecule has 0 heterocycles. The second-order valence-electron chi connectivity index (χ2n) is 2.32. The largest absolute Gasteiger partial charge is 3.00 e. The number of halogens is 1. The SMILES string of the molecule is CN(C)C(=S)[S-].CN(C)C(=S)[S-].[Au+3].[Br-]. The van der Waals surface area contributed by atoms with E-state index in [1.807, 2.05) is 28.2 Å². The van der Waals surface area contributed by atoms with Crippen LogP contribution in [0.3, 0.4) is 0 Å². The first-order valence-corrected chi connectivity index (χ1v) is 4.69. The fraction of sp³-hybridized carbons (Fsp3) is 0.667. The van der Waals surface area contributed by atoms with Gasteiger partial charge in [0.25, 0.3) is 0 Å². The molecule has 0 bridgehead atoms. The molecule has 0 aromatic heterocycles. The number of rotatable bonds is 0. The van der Waals surface area contributed by atoms with E-state index in [0.717, 1.165) is 0 Å². The molecule has 2 nitrogen and oxygen atoms in total. The second kappa shape index (κ2) is 14.4. The first-order valence-electron chi connectivity index (χ1n) is 3.05. The molecule has 14 heavy (non-hydrogen) atoms. The van der Waals surface area contributed by atoms with Crippen LogP contribution in [0.15, 0.2) is 0 Å². The van der Waals surface area contributed by atoms with Crippen molar-refractivity contribution in [1.82, 2.24) is 9.80 Å². The van der Waals surface area contributed by atoms with Crippen molar-refractivity contribution in [3.63, 3.8) is 0 Å². The summed E-state index contributed by atoms with van der Waals surface area (Å²) in [6, 6.07) is 0. The number of hydrogen-bond acceptors (Lipinski definition) is 4. The van der Waals surface area contributed by atoms with Gasteiger partial charge in [0.1, 0.15) is 0 Å². The molecule has 0 radical (unpaired) electrons. The van der Waals surface area contributed by atoms with Crippen LogP contribution in [0.4, 0.5) is 0 Å². The van der Waals surface area contributed by atoms with Crippen molar-refractivity contribution in [3.05, 3.63) is 0 Å². The molecule has 0 fully saturated rings. The van der Waals surface area contributed by atoms with Gasteiger partial charge >= 0.3 is 22.4 Å². The van der Waals surface area contributed by atoms with E-state index in [9.17, 15) is 0 Å². The Hall–Kier alpha value is 1.44. The van der Waals surface area contributed by atoms with Crippen molar-refractivity contribution in [2.45, 2.75) is 0 Å². The smallest absolute Gasteiger partial charge is 1.00 e. The Morgan fingerprint density at radius 3 is 0.929 bits per heavy atom. The molecule has 0 atom stereocenters. The molecule has 0 aliphatic rings. The number of nitrogens with zero attached hydrogens (tertiary/aromatic N) is 2. The van der Waals surface area contributed by atoms with Crippen LogP contribution in [0.1, 0.15) is 0 Å². The van der Waals surface area contributed by atoms with E-state index in [1.54, 1.807) is 9.80 Å². The summed E-state index contributed by atoms with van der Waals surface area (Å²) in [6.45, 7) is 0. The summed E-state index contributed by atoms with van der Waals surface area (Å²) in [4.78, 5) is 3.43. The van der Waals surface area contributed by atoms with E-state index in [1.165, 1.54) is 0 Å². The van der Waals surface area contributed by atoms with E-state index in [4.69, 9.17) is 0 Å². The van der Waals surface area contributed by atoms with Gasteiger partial charge in [-0.2, -0.15) is 0 Å². The van der Waals surface area contributed by atoms with Gasteiger partial charge in [0, 0.05) is 28.2 Å². The van der Waals surface area contributed by atoms with Crippen molar-refractivity contribution < 1.29 is 39.4 Å². The predicted octanol–water partition coefficient (Wildman–Crippen LogP) is -2.24. The van der Waals surface area contributed by atoms with Gasteiger partial charge < -0.3 is 76.5 Å². The van der Waals surface area contributed by atoms with Gasteiger partial charge in [0.05, 0.1) is 0 Å². The molecule has 0 aromatic carbocycles. The molecule has 0 aromatic rings. The Morgan fingerprint density at radius 1 is 0.857 bits per heavy atom. The molecule has 0 N–H and O–H groups in total. The molecule has 0 rings (SSSR count). The van der Waals surface area contributed by atoms with Crippen LogP contribution in [0, 0.1) is 0 Å². The average Bonchev–Trinajstić information content (AvgIpc) is 1.88. The Balaban J connectivity index is -0.0000000625. The van der Waals surface area contributed by atoms with Crippen LogP contribution in [-0.4, -0.2) is 46.6 Å². The van der Waals surface area contributed by atoms with E-state index >= 15 is 0 Å². The Kier molecular flexibility index (Phi) is 25.4. The maximum atomic E-state index is 4.56. The minimum Gasteiger partial charge on any atom is -1.00 e. The molecule has 0 aliphatic carbocycles. The summed E-state index contributed by atoms with van der Waals surface area (Å²) in [5, 5.41) is 0. The average molecular weight is 517 g/mol. The van der Waals surface area contributed by atoms with Crippen molar-refractivity contribution in [1.29, 1.82) is 0 Å². The van der Waals surface area contributed by atoms with E-state index in [-0.39, 0.29) is 39.4 Å². The summed E-state index contributed by atoms with van der Waals surface area (Å²) < 4.78 is 1.02. The molecule has 0 saturated carbocycles. The normalized spacial score (nSPS) is 6.57. The summed E-state index contributed by atoms with van der Waals surface area (Å²) >= 11 is 18.2. The summed E-state index contributed by atoms with van der Waals surface area (Å²) in [5.41, 5.74) is 0. The van der Waals surface area contributed by atoms with Gasteiger partial charge in [0.15, 0.2) is 0 Å². The van der Waals surface area contributed by atoms with Crippen molar-refractivity contribution in [3.8, 4) is 0 Å². The van der Waals surface area contributed by atoms with Gasteiger partial charge in [-0.3, -0.25) is 0 Å². The summed E-state index contributed by atoms with van der Waals surface area (Å²) in [5.74, 6) is 0. The first-order chi connectivity index (χ1) is 5.29. The van der Waals surface area contributed by atoms with Crippen molar-refractivity contribution in [2.24, 2.45) is 0 Å². The summed E-state index contributed by atoms with van der Waals surface area (Å²) in [7, 11) is 7.31. The van der Waals surface area contributed by atoms with Crippen molar-refractivity contribution >= 4 is 58.3 Å². The minimum absolute atomic E-state index is 0. The van der Waals surface area contributed by atoms with Gasteiger partial charge in [-0.15, -0.1) is 0 Å². The molecule has 88 valence electrons. The van der Waals surface area contributed by atoms with E-state index in [2.05, 4.69) is 49.7 Å². The molecule has 8 heteroatoms. The van der Waals surface area contributed by atoms with Crippen molar-refractivity contribution in [2.75, 3.05) is 28.2 Å². The molecule has 0 spiro atoms. The zero-order valence-electron chi connectivity index (χ0n) is 8.21. The third-order valence-corrected chi connectivity index (χ3v) is 2.19. The van der Waals surface area contributed by atoms with Crippen LogP contribution in [0.5, 0.6) is 0 Å². The number of thiocarbonyl (C=S) groups is 2. The van der Waals surface area contributed by atoms with Gasteiger partial charge in [-0.1, -0.05) is 8.64 Å². The van der Waals surface area contributed by atoms with Gasteiger partial charge in [-0.25, -0.2) is 0 Å². The van der Waals surface area contributed by atoms with Gasteiger partial charge in [-0.05, 0) is 0 Å². The predicted molar refractivity (Wildman–Crippen MR) is 67.3 cm³/mol. The Labute approximate surface area is 134 Å². The molecule has 0 unspecified atom stereocenters. The monoisotopic (exact) mass is 516 g/mol. The van der Waals surface area contributed by atoms with Crippen LogP contribution in [0.25, 0.3) is 0 Å². The quantitative estimate of drug-likeness (QED) is 0.203. The van der Waals surface area contributed by atoms with Crippen LogP contribution in [0.2, 0.25) is 0 Å². The maximum Gasteiger partial charge on any atom is 3.00 e. The summed E-state index contributed by atoms with van der Waals surface area (Å²) in [6.07, 6.45) is 0. The van der Waals surface area contributed by atoms with Crippen LogP contribution in [-0.2, 0) is 47.6 Å². The third-order valence-electron chi connectivity index (χ3n) is 0.730. The third kappa shape index (κ3) is 23.3. The fourth-order valence-electron chi connectivity index (χ4n) is 0. The Morgan fingerprint density at radius 2 is 0.929 bits per heavy atom. The topological polar surface area (TPSA) is 6.48 Å². The number of hydrogen-bond donors (Lipinski definition) is 0. The molecule has 0 saturated heterocycles. The first kappa shape index (κ1) is 24.6. The molecular formula is C6H12AuBrN2S4. The van der Waals surface area contributed by atoms with Crippen LogP contribution >= 0.6 is 24.4 Å². The standard InChI is InChI=1S/2C3H7NS2.Au.BrH/c2*1-4(2)3(5)6;;/h2*1-2H3,(H,5,6);;1H/q;;+3;/p-3. The zero-order chi connectivity index (χ0) is 10.3.